The summed E-state index contributed by atoms with van der Waals surface area (Å²) in [6.07, 6.45) is 6.11. The molecule has 1 N–H and O–H groups in total. The first-order chi connectivity index (χ1) is 13.6. The molecule has 1 aliphatic rings. The predicted molar refractivity (Wildman–Crippen MR) is 117 cm³/mol. The molecular formula is C22H38N2O3Si. The Hall–Kier alpha value is -1.18. The standard InChI is InChI=1S/C22H38N2O3Si/c1-6-15-22(25-3)21(14-11-18-28(22,26-4)27-5)23-16-17-24(7-2)19-20-12-9-8-10-13-20/h7-10,12-13,21,23H,2,6,11,14-19H2,1,3-5H3. The Bertz CT molecular complexity index is 582. The average Bonchev–Trinajstić information content (AvgIpc) is 2.74. The molecule has 6 heteroatoms. The van der Waals surface area contributed by atoms with Crippen LogP contribution in [0, 0.1) is 0 Å². The van der Waals surface area contributed by atoms with E-state index in [0.717, 1.165) is 51.4 Å². The normalized spacial score (nSPS) is 24.1. The second-order valence-electron chi connectivity index (χ2n) is 7.54. The number of hydrogen-bond donors (Lipinski definition) is 1. The first kappa shape index (κ1) is 23.1. The molecule has 28 heavy (non-hydrogen) atoms. The van der Waals surface area contributed by atoms with Gasteiger partial charge in [-0.05, 0) is 37.1 Å². The predicted octanol–water partition coefficient (Wildman–Crippen LogP) is 3.84. The molecule has 1 aliphatic heterocycles. The van der Waals surface area contributed by atoms with E-state index >= 15 is 0 Å². The molecule has 0 saturated carbocycles. The van der Waals surface area contributed by atoms with Gasteiger partial charge in [0.1, 0.15) is 5.22 Å². The van der Waals surface area contributed by atoms with Gasteiger partial charge in [-0.3, -0.25) is 0 Å². The van der Waals surface area contributed by atoms with Crippen LogP contribution in [0.5, 0.6) is 0 Å². The van der Waals surface area contributed by atoms with Crippen LogP contribution in [-0.4, -0.2) is 59.1 Å². The summed E-state index contributed by atoms with van der Waals surface area (Å²) in [6, 6.07) is 11.7. The van der Waals surface area contributed by atoms with Gasteiger partial charge >= 0.3 is 8.56 Å². The number of nitrogens with zero attached hydrogens (tertiary/aromatic N) is 1. The Morgan fingerprint density at radius 1 is 1.25 bits per heavy atom. The van der Waals surface area contributed by atoms with Gasteiger partial charge in [-0.25, -0.2) is 0 Å². The lowest BCUT2D eigenvalue weighted by Gasteiger charge is -2.52. The molecule has 1 heterocycles. The SMILES string of the molecule is C=CN(CCNC1CCC[Si](OC)(OC)C1(CCC)OC)Cc1ccccc1. The molecule has 0 aliphatic carbocycles. The molecule has 0 aromatic heterocycles. The summed E-state index contributed by atoms with van der Waals surface area (Å²) in [5, 5.41) is 3.42. The lowest BCUT2D eigenvalue weighted by atomic mass is 9.99. The average molecular weight is 407 g/mol. The minimum atomic E-state index is -2.46. The topological polar surface area (TPSA) is 43.0 Å². The second-order valence-corrected chi connectivity index (χ2v) is 11.2. The Kier molecular flexibility index (Phi) is 9.17. The van der Waals surface area contributed by atoms with Crippen LogP contribution in [0.2, 0.25) is 6.04 Å². The molecule has 0 amide bonds. The van der Waals surface area contributed by atoms with Gasteiger partial charge in [0.25, 0.3) is 0 Å². The molecular weight excluding hydrogens is 368 g/mol. The summed E-state index contributed by atoms with van der Waals surface area (Å²) in [6.45, 7) is 8.83. The summed E-state index contributed by atoms with van der Waals surface area (Å²) in [5.41, 5.74) is 1.29. The van der Waals surface area contributed by atoms with Crippen molar-refractivity contribution in [3.05, 3.63) is 48.7 Å². The monoisotopic (exact) mass is 406 g/mol. The fourth-order valence-electron chi connectivity index (χ4n) is 4.72. The summed E-state index contributed by atoms with van der Waals surface area (Å²) in [5.74, 6) is 0. The van der Waals surface area contributed by atoms with Crippen molar-refractivity contribution in [3.8, 4) is 0 Å². The van der Waals surface area contributed by atoms with E-state index in [2.05, 4.69) is 48.0 Å². The van der Waals surface area contributed by atoms with Crippen molar-refractivity contribution in [1.29, 1.82) is 0 Å². The van der Waals surface area contributed by atoms with Gasteiger partial charge in [0.2, 0.25) is 0 Å². The van der Waals surface area contributed by atoms with E-state index in [-0.39, 0.29) is 11.3 Å². The third-order valence-electron chi connectivity index (χ3n) is 6.13. The van der Waals surface area contributed by atoms with Crippen molar-refractivity contribution >= 4 is 8.56 Å². The largest absolute Gasteiger partial charge is 0.396 e. The molecule has 0 radical (unpaired) electrons. The lowest BCUT2D eigenvalue weighted by molar-refractivity contribution is -0.0374. The molecule has 0 bridgehead atoms. The first-order valence-electron chi connectivity index (χ1n) is 10.4. The van der Waals surface area contributed by atoms with E-state index in [4.69, 9.17) is 13.6 Å². The number of rotatable bonds is 12. The Morgan fingerprint density at radius 3 is 2.54 bits per heavy atom. The van der Waals surface area contributed by atoms with Crippen molar-refractivity contribution in [2.45, 2.75) is 56.5 Å². The van der Waals surface area contributed by atoms with E-state index in [0.29, 0.717) is 0 Å². The van der Waals surface area contributed by atoms with Gasteiger partial charge in [-0.15, -0.1) is 0 Å². The molecule has 2 rings (SSSR count). The molecule has 2 unspecified atom stereocenters. The van der Waals surface area contributed by atoms with Crippen LogP contribution >= 0.6 is 0 Å². The number of methoxy groups -OCH3 is 1. The summed E-state index contributed by atoms with van der Waals surface area (Å²) >= 11 is 0. The quantitative estimate of drug-likeness (QED) is 0.534. The number of nitrogens with one attached hydrogen (secondary N) is 1. The Labute approximate surface area is 172 Å². The molecule has 1 aromatic carbocycles. The lowest BCUT2D eigenvalue weighted by Crippen LogP contribution is -2.73. The summed E-state index contributed by atoms with van der Waals surface area (Å²) in [7, 11) is 2.95. The maximum Gasteiger partial charge on any atom is 0.372 e. The molecule has 5 nitrogen and oxygen atoms in total. The van der Waals surface area contributed by atoms with Crippen LogP contribution < -0.4 is 5.32 Å². The van der Waals surface area contributed by atoms with Crippen LogP contribution in [0.15, 0.2) is 43.1 Å². The third kappa shape index (κ3) is 4.86. The molecule has 2 atom stereocenters. The highest BCUT2D eigenvalue weighted by Crippen LogP contribution is 2.43. The minimum Gasteiger partial charge on any atom is -0.396 e. The highest BCUT2D eigenvalue weighted by atomic mass is 28.4. The van der Waals surface area contributed by atoms with Crippen LogP contribution in [0.1, 0.15) is 38.2 Å². The van der Waals surface area contributed by atoms with Gasteiger partial charge in [0.15, 0.2) is 0 Å². The molecule has 158 valence electrons. The third-order valence-corrected chi connectivity index (χ3v) is 10.6. The smallest absolute Gasteiger partial charge is 0.372 e. The minimum absolute atomic E-state index is 0.237. The zero-order chi connectivity index (χ0) is 20.5. The van der Waals surface area contributed by atoms with Crippen molar-refractivity contribution in [2.24, 2.45) is 0 Å². The highest BCUT2D eigenvalue weighted by Gasteiger charge is 2.62. The number of benzene rings is 1. The molecule has 1 aromatic rings. The molecule has 0 spiro atoms. The zero-order valence-corrected chi connectivity index (χ0v) is 19.1. The Balaban J connectivity index is 2.04. The van der Waals surface area contributed by atoms with E-state index in [9.17, 15) is 0 Å². The van der Waals surface area contributed by atoms with Gasteiger partial charge in [-0.1, -0.05) is 50.3 Å². The van der Waals surface area contributed by atoms with Gasteiger partial charge < -0.3 is 23.8 Å². The van der Waals surface area contributed by atoms with Crippen molar-refractivity contribution in [3.63, 3.8) is 0 Å². The van der Waals surface area contributed by atoms with E-state index in [1.165, 1.54) is 5.56 Å². The molecule has 1 saturated heterocycles. The van der Waals surface area contributed by atoms with Crippen LogP contribution in [0.4, 0.5) is 0 Å². The zero-order valence-electron chi connectivity index (χ0n) is 18.1. The fourth-order valence-corrected chi connectivity index (χ4v) is 8.80. The van der Waals surface area contributed by atoms with Crippen molar-refractivity contribution in [1.82, 2.24) is 10.2 Å². The van der Waals surface area contributed by atoms with E-state index in [1.54, 1.807) is 14.2 Å². The van der Waals surface area contributed by atoms with Gasteiger partial charge in [0.05, 0.1) is 0 Å². The highest BCUT2D eigenvalue weighted by molar-refractivity contribution is 6.71. The van der Waals surface area contributed by atoms with Crippen LogP contribution in [0.25, 0.3) is 0 Å². The van der Waals surface area contributed by atoms with Crippen LogP contribution in [0.3, 0.4) is 0 Å². The van der Waals surface area contributed by atoms with E-state index in [1.807, 2.05) is 19.4 Å². The Morgan fingerprint density at radius 2 is 1.96 bits per heavy atom. The van der Waals surface area contributed by atoms with Crippen LogP contribution in [-0.2, 0) is 20.1 Å². The van der Waals surface area contributed by atoms with Gasteiger partial charge in [0, 0.05) is 47.0 Å². The van der Waals surface area contributed by atoms with Crippen molar-refractivity contribution < 1.29 is 13.6 Å². The first-order valence-corrected chi connectivity index (χ1v) is 12.4. The maximum absolute atomic E-state index is 6.22. The maximum atomic E-state index is 6.22. The fraction of sp³-hybridized carbons (Fsp3) is 0.636. The summed E-state index contributed by atoms with van der Waals surface area (Å²) < 4.78 is 18.4. The van der Waals surface area contributed by atoms with Gasteiger partial charge in [-0.2, -0.15) is 0 Å². The van der Waals surface area contributed by atoms with E-state index < -0.39 is 8.56 Å². The molecule has 1 fully saturated rings. The van der Waals surface area contributed by atoms with Crippen molar-refractivity contribution in [2.75, 3.05) is 34.4 Å². The number of hydrogen-bond acceptors (Lipinski definition) is 5. The number of ether oxygens (including phenoxy) is 1. The summed E-state index contributed by atoms with van der Waals surface area (Å²) in [4.78, 5) is 2.25. The second kappa shape index (κ2) is 11.1.